The number of hydrogen-bond donors (Lipinski definition) is 1. The average Bonchev–Trinajstić information content (AvgIpc) is 2.45. The third-order valence-electron chi connectivity index (χ3n) is 2.21. The maximum atomic E-state index is 13.3. The number of ketones is 1. The lowest BCUT2D eigenvalue weighted by molar-refractivity contribution is -0.115. The van der Waals surface area contributed by atoms with Gasteiger partial charge in [0.2, 0.25) is 5.91 Å². The molecule has 1 amide bonds. The SMILES string of the molecule is CC(=O)c1cc(F)c2c(c1)NC(=O)C2. The molecule has 0 atom stereocenters. The third-order valence-corrected chi connectivity index (χ3v) is 2.21. The van der Waals surface area contributed by atoms with Gasteiger partial charge < -0.3 is 5.32 Å². The summed E-state index contributed by atoms with van der Waals surface area (Å²) in [5.41, 5.74) is 1.05. The smallest absolute Gasteiger partial charge is 0.228 e. The Bertz CT molecular complexity index is 440. The Kier molecular flexibility index (Phi) is 1.84. The Morgan fingerprint density at radius 1 is 1.50 bits per heavy atom. The summed E-state index contributed by atoms with van der Waals surface area (Å²) in [5.74, 6) is -0.946. The first-order chi connectivity index (χ1) is 6.58. The second kappa shape index (κ2) is 2.90. The van der Waals surface area contributed by atoms with Gasteiger partial charge in [0, 0.05) is 16.8 Å². The molecule has 0 aromatic heterocycles. The van der Waals surface area contributed by atoms with Crippen molar-refractivity contribution in [1.82, 2.24) is 0 Å². The van der Waals surface area contributed by atoms with Crippen molar-refractivity contribution in [3.05, 3.63) is 29.1 Å². The minimum absolute atomic E-state index is 0.0549. The average molecular weight is 193 g/mol. The van der Waals surface area contributed by atoms with Crippen molar-refractivity contribution in [1.29, 1.82) is 0 Å². The molecule has 1 heterocycles. The van der Waals surface area contributed by atoms with Crippen molar-refractivity contribution in [2.75, 3.05) is 5.32 Å². The second-order valence-corrected chi connectivity index (χ2v) is 3.27. The van der Waals surface area contributed by atoms with Crippen LogP contribution >= 0.6 is 0 Å². The number of benzene rings is 1. The van der Waals surface area contributed by atoms with E-state index in [1.54, 1.807) is 0 Å². The fourth-order valence-electron chi connectivity index (χ4n) is 1.49. The summed E-state index contributed by atoms with van der Waals surface area (Å²) < 4.78 is 13.3. The molecule has 0 bridgehead atoms. The molecule has 1 aromatic carbocycles. The van der Waals surface area contributed by atoms with Crippen LogP contribution in [0.5, 0.6) is 0 Å². The van der Waals surface area contributed by atoms with Gasteiger partial charge in [-0.2, -0.15) is 0 Å². The van der Waals surface area contributed by atoms with E-state index in [4.69, 9.17) is 0 Å². The Balaban J connectivity index is 2.56. The Hall–Kier alpha value is -1.71. The molecule has 1 N–H and O–H groups in total. The van der Waals surface area contributed by atoms with E-state index in [9.17, 15) is 14.0 Å². The number of rotatable bonds is 1. The van der Waals surface area contributed by atoms with Gasteiger partial charge >= 0.3 is 0 Å². The maximum Gasteiger partial charge on any atom is 0.228 e. The zero-order valence-corrected chi connectivity index (χ0v) is 7.56. The van der Waals surface area contributed by atoms with Crippen LogP contribution in [0, 0.1) is 5.82 Å². The number of fused-ring (bicyclic) bond motifs is 1. The topological polar surface area (TPSA) is 46.2 Å². The lowest BCUT2D eigenvalue weighted by Crippen LogP contribution is -2.03. The Morgan fingerprint density at radius 3 is 2.86 bits per heavy atom. The van der Waals surface area contributed by atoms with E-state index < -0.39 is 5.82 Å². The molecule has 0 aliphatic carbocycles. The fourth-order valence-corrected chi connectivity index (χ4v) is 1.49. The minimum Gasteiger partial charge on any atom is -0.325 e. The maximum absolute atomic E-state index is 13.3. The van der Waals surface area contributed by atoms with Gasteiger partial charge in [-0.05, 0) is 19.1 Å². The molecule has 1 aromatic rings. The van der Waals surface area contributed by atoms with Crippen LogP contribution in [0.2, 0.25) is 0 Å². The van der Waals surface area contributed by atoms with Gasteiger partial charge in [-0.3, -0.25) is 9.59 Å². The number of carbonyl (C=O) groups excluding carboxylic acids is 2. The molecule has 4 heteroatoms. The van der Waals surface area contributed by atoms with Crippen molar-refractivity contribution >= 4 is 17.4 Å². The molecule has 3 nitrogen and oxygen atoms in total. The van der Waals surface area contributed by atoms with Crippen molar-refractivity contribution in [3.8, 4) is 0 Å². The summed E-state index contributed by atoms with van der Waals surface area (Å²) in [4.78, 5) is 22.0. The number of halogens is 1. The first-order valence-electron chi connectivity index (χ1n) is 4.21. The van der Waals surface area contributed by atoms with Gasteiger partial charge in [-0.15, -0.1) is 0 Å². The molecule has 0 unspecified atom stereocenters. The van der Waals surface area contributed by atoms with Crippen LogP contribution in [0.25, 0.3) is 0 Å². The van der Waals surface area contributed by atoms with Gasteiger partial charge in [0.05, 0.1) is 6.42 Å². The standard InChI is InChI=1S/C10H8FNO2/c1-5(13)6-2-8(11)7-4-10(14)12-9(7)3-6/h2-3H,4H2,1H3,(H,12,14). The minimum atomic E-state index is -0.494. The summed E-state index contributed by atoms with van der Waals surface area (Å²) in [6, 6.07) is 2.67. The van der Waals surface area contributed by atoms with Crippen LogP contribution in [0.1, 0.15) is 22.8 Å². The van der Waals surface area contributed by atoms with Crippen LogP contribution in [0.15, 0.2) is 12.1 Å². The molecule has 0 radical (unpaired) electrons. The molecule has 1 aliphatic rings. The number of Topliss-reactive ketones (excluding diaryl/α,β-unsaturated/α-hetero) is 1. The van der Waals surface area contributed by atoms with Gasteiger partial charge in [-0.25, -0.2) is 4.39 Å². The molecular formula is C10H8FNO2. The van der Waals surface area contributed by atoms with E-state index in [1.807, 2.05) is 0 Å². The zero-order chi connectivity index (χ0) is 10.3. The highest BCUT2D eigenvalue weighted by Gasteiger charge is 2.22. The van der Waals surface area contributed by atoms with E-state index >= 15 is 0 Å². The van der Waals surface area contributed by atoms with Crippen LogP contribution in [-0.4, -0.2) is 11.7 Å². The lowest BCUT2D eigenvalue weighted by atomic mass is 10.1. The van der Waals surface area contributed by atoms with E-state index in [-0.39, 0.29) is 23.7 Å². The summed E-state index contributed by atoms with van der Waals surface area (Å²) >= 11 is 0. The molecular weight excluding hydrogens is 185 g/mol. The molecule has 1 aliphatic heterocycles. The lowest BCUT2D eigenvalue weighted by Gasteiger charge is -2.02. The summed E-state index contributed by atoms with van der Waals surface area (Å²) in [5, 5.41) is 2.50. The number of amides is 1. The summed E-state index contributed by atoms with van der Waals surface area (Å²) in [7, 11) is 0. The molecule has 0 fully saturated rings. The highest BCUT2D eigenvalue weighted by Crippen LogP contribution is 2.27. The first kappa shape index (κ1) is 8.87. The molecule has 0 saturated heterocycles. The number of hydrogen-bond acceptors (Lipinski definition) is 2. The van der Waals surface area contributed by atoms with Crippen molar-refractivity contribution in [2.45, 2.75) is 13.3 Å². The van der Waals surface area contributed by atoms with Gasteiger partial charge in [0.1, 0.15) is 5.82 Å². The summed E-state index contributed by atoms with van der Waals surface area (Å²) in [6.07, 6.45) is 0.0549. The van der Waals surface area contributed by atoms with E-state index in [0.29, 0.717) is 11.3 Å². The largest absolute Gasteiger partial charge is 0.325 e. The molecule has 0 saturated carbocycles. The van der Waals surface area contributed by atoms with E-state index in [2.05, 4.69) is 5.32 Å². The van der Waals surface area contributed by atoms with Crippen LogP contribution < -0.4 is 5.32 Å². The highest BCUT2D eigenvalue weighted by molar-refractivity contribution is 6.02. The van der Waals surface area contributed by atoms with Crippen molar-refractivity contribution in [2.24, 2.45) is 0 Å². The molecule has 0 spiro atoms. The fraction of sp³-hybridized carbons (Fsp3) is 0.200. The number of anilines is 1. The summed E-state index contributed by atoms with van der Waals surface area (Å²) in [6.45, 7) is 1.36. The zero-order valence-electron chi connectivity index (χ0n) is 7.56. The normalized spacial score (nSPS) is 13.7. The van der Waals surface area contributed by atoms with Crippen LogP contribution in [0.4, 0.5) is 10.1 Å². The number of carbonyl (C=O) groups is 2. The number of nitrogens with one attached hydrogen (secondary N) is 1. The van der Waals surface area contributed by atoms with Crippen molar-refractivity contribution < 1.29 is 14.0 Å². The second-order valence-electron chi connectivity index (χ2n) is 3.27. The van der Waals surface area contributed by atoms with Gasteiger partial charge in [0.25, 0.3) is 0 Å². The van der Waals surface area contributed by atoms with Crippen LogP contribution in [-0.2, 0) is 11.2 Å². The van der Waals surface area contributed by atoms with Crippen LogP contribution in [0.3, 0.4) is 0 Å². The molecule has 14 heavy (non-hydrogen) atoms. The van der Waals surface area contributed by atoms with Gasteiger partial charge in [-0.1, -0.05) is 0 Å². The monoisotopic (exact) mass is 193 g/mol. The predicted octanol–water partition coefficient (Wildman–Crippen LogP) is 1.52. The Labute approximate surface area is 79.9 Å². The highest BCUT2D eigenvalue weighted by atomic mass is 19.1. The quantitative estimate of drug-likeness (QED) is 0.687. The van der Waals surface area contributed by atoms with Gasteiger partial charge in [0.15, 0.2) is 5.78 Å². The molecule has 72 valence electrons. The molecule has 2 rings (SSSR count). The van der Waals surface area contributed by atoms with E-state index in [1.165, 1.54) is 19.1 Å². The van der Waals surface area contributed by atoms with E-state index in [0.717, 1.165) is 0 Å². The predicted molar refractivity (Wildman–Crippen MR) is 48.7 cm³/mol. The Morgan fingerprint density at radius 2 is 2.21 bits per heavy atom. The van der Waals surface area contributed by atoms with Crippen molar-refractivity contribution in [3.63, 3.8) is 0 Å². The first-order valence-corrected chi connectivity index (χ1v) is 4.21. The third kappa shape index (κ3) is 1.28.